The van der Waals surface area contributed by atoms with Gasteiger partial charge in [-0.05, 0) is 48.1 Å². The van der Waals surface area contributed by atoms with Crippen molar-refractivity contribution in [2.45, 2.75) is 44.6 Å². The van der Waals surface area contributed by atoms with Gasteiger partial charge >= 0.3 is 0 Å². The molecule has 2 aliphatic rings. The highest BCUT2D eigenvalue weighted by Crippen LogP contribution is 2.20. The van der Waals surface area contributed by atoms with Crippen molar-refractivity contribution in [3.63, 3.8) is 0 Å². The zero-order chi connectivity index (χ0) is 20.1. The topological polar surface area (TPSA) is 35.9 Å². The summed E-state index contributed by atoms with van der Waals surface area (Å²) in [5, 5.41) is 10.5. The standard InChI is InChI=1S/C24H31FN2O2/c25-22-9-12-26(13-10-22)15-19-4-3-7-24(14-19)29-18-23(28)17-27-11-8-20-5-1-2-6-21(20)16-27/h1-7,14,22-23,28H,8-13,15-18H2/t23-/m1/s1. The minimum atomic E-state index is -0.643. The molecule has 0 radical (unpaired) electrons. The molecule has 2 heterocycles. The number of benzene rings is 2. The summed E-state index contributed by atoms with van der Waals surface area (Å²) in [7, 11) is 0. The summed E-state index contributed by atoms with van der Waals surface area (Å²) >= 11 is 0. The molecule has 2 aromatic carbocycles. The number of aliphatic hydroxyl groups is 1. The van der Waals surface area contributed by atoms with Crippen molar-refractivity contribution in [3.8, 4) is 5.75 Å². The minimum absolute atomic E-state index is 0.287. The molecule has 2 aliphatic heterocycles. The van der Waals surface area contributed by atoms with Gasteiger partial charge in [0.2, 0.25) is 0 Å². The molecular weight excluding hydrogens is 367 g/mol. The van der Waals surface area contributed by atoms with Crippen LogP contribution in [0.25, 0.3) is 0 Å². The molecule has 0 unspecified atom stereocenters. The number of hydrogen-bond acceptors (Lipinski definition) is 4. The third-order valence-corrected chi connectivity index (χ3v) is 5.94. The summed E-state index contributed by atoms with van der Waals surface area (Å²) in [6, 6.07) is 16.6. The molecule has 1 fully saturated rings. The van der Waals surface area contributed by atoms with E-state index in [0.717, 1.165) is 44.9 Å². The summed E-state index contributed by atoms with van der Waals surface area (Å²) in [4.78, 5) is 4.58. The number of fused-ring (bicyclic) bond motifs is 1. The normalized spacial score (nSPS) is 19.7. The van der Waals surface area contributed by atoms with Crippen molar-refractivity contribution in [2.75, 3.05) is 32.8 Å². The highest BCUT2D eigenvalue weighted by Gasteiger charge is 2.20. The molecule has 0 aromatic heterocycles. The third-order valence-electron chi connectivity index (χ3n) is 5.94. The van der Waals surface area contributed by atoms with Crippen molar-refractivity contribution in [3.05, 3.63) is 65.2 Å². The van der Waals surface area contributed by atoms with Crippen LogP contribution < -0.4 is 4.74 Å². The molecule has 1 saturated heterocycles. The number of aliphatic hydroxyl groups excluding tert-OH is 1. The smallest absolute Gasteiger partial charge is 0.119 e. The van der Waals surface area contributed by atoms with E-state index in [9.17, 15) is 9.50 Å². The zero-order valence-electron chi connectivity index (χ0n) is 17.0. The Hall–Kier alpha value is -1.95. The molecule has 156 valence electrons. The van der Waals surface area contributed by atoms with E-state index in [2.05, 4.69) is 40.1 Å². The van der Waals surface area contributed by atoms with E-state index in [1.54, 1.807) is 0 Å². The van der Waals surface area contributed by atoms with Crippen LogP contribution in [0.5, 0.6) is 5.75 Å². The molecule has 29 heavy (non-hydrogen) atoms. The van der Waals surface area contributed by atoms with Crippen molar-refractivity contribution >= 4 is 0 Å². The van der Waals surface area contributed by atoms with Gasteiger partial charge in [-0.25, -0.2) is 4.39 Å². The summed E-state index contributed by atoms with van der Waals surface area (Å²) in [6.07, 6.45) is 1.13. The predicted molar refractivity (Wildman–Crippen MR) is 113 cm³/mol. The molecule has 4 rings (SSSR count). The zero-order valence-corrected chi connectivity index (χ0v) is 17.0. The van der Waals surface area contributed by atoms with E-state index in [1.165, 1.54) is 16.7 Å². The first kappa shape index (κ1) is 20.3. The van der Waals surface area contributed by atoms with Crippen molar-refractivity contribution in [2.24, 2.45) is 0 Å². The molecular formula is C24H31FN2O2. The van der Waals surface area contributed by atoms with Crippen molar-refractivity contribution in [1.29, 1.82) is 0 Å². The Kier molecular flexibility index (Phi) is 6.80. The van der Waals surface area contributed by atoms with Crippen molar-refractivity contribution in [1.82, 2.24) is 9.80 Å². The van der Waals surface area contributed by atoms with E-state index in [1.807, 2.05) is 18.2 Å². The molecule has 0 amide bonds. The number of halogens is 1. The lowest BCUT2D eigenvalue weighted by atomic mass is 10.00. The summed E-state index contributed by atoms with van der Waals surface area (Å²) in [5.41, 5.74) is 3.94. The average molecular weight is 399 g/mol. The molecule has 0 aliphatic carbocycles. The number of rotatable bonds is 7. The average Bonchev–Trinajstić information content (AvgIpc) is 2.74. The van der Waals surface area contributed by atoms with Crippen LogP contribution in [0.15, 0.2) is 48.5 Å². The summed E-state index contributed by atoms with van der Waals surface area (Å²) in [5.74, 6) is 0.783. The minimum Gasteiger partial charge on any atom is -0.491 e. The molecule has 1 N–H and O–H groups in total. The number of nitrogens with zero attached hydrogens (tertiary/aromatic N) is 2. The Balaban J connectivity index is 1.24. The van der Waals surface area contributed by atoms with E-state index in [0.29, 0.717) is 19.4 Å². The van der Waals surface area contributed by atoms with Crippen LogP contribution in [-0.2, 0) is 19.5 Å². The number of β-amino-alcohol motifs (C(OH)–C–C–N with tert-alkyl or cyclic N) is 1. The quantitative estimate of drug-likeness (QED) is 0.775. The van der Waals surface area contributed by atoms with E-state index in [4.69, 9.17) is 4.74 Å². The predicted octanol–water partition coefficient (Wildman–Crippen LogP) is 3.42. The molecule has 2 aromatic rings. The Labute approximate surface area is 172 Å². The van der Waals surface area contributed by atoms with Gasteiger partial charge < -0.3 is 9.84 Å². The van der Waals surface area contributed by atoms with Gasteiger partial charge in [0.25, 0.3) is 0 Å². The van der Waals surface area contributed by atoms with Crippen LogP contribution in [0.2, 0.25) is 0 Å². The maximum atomic E-state index is 13.3. The molecule has 0 bridgehead atoms. The van der Waals surface area contributed by atoms with Crippen LogP contribution >= 0.6 is 0 Å². The lowest BCUT2D eigenvalue weighted by molar-refractivity contribution is 0.0637. The first-order valence-electron chi connectivity index (χ1n) is 10.7. The number of hydrogen-bond donors (Lipinski definition) is 1. The van der Waals surface area contributed by atoms with Crippen LogP contribution in [0, 0.1) is 0 Å². The maximum absolute atomic E-state index is 13.3. The fourth-order valence-corrected chi connectivity index (χ4v) is 4.30. The van der Waals surface area contributed by atoms with Gasteiger partial charge in [-0.2, -0.15) is 0 Å². The Morgan fingerprint density at radius 1 is 1.00 bits per heavy atom. The van der Waals surface area contributed by atoms with Crippen molar-refractivity contribution < 1.29 is 14.2 Å². The molecule has 4 nitrogen and oxygen atoms in total. The Bertz CT molecular complexity index is 792. The van der Waals surface area contributed by atoms with Gasteiger partial charge in [0.05, 0.1) is 0 Å². The van der Waals surface area contributed by atoms with Crippen LogP contribution in [0.3, 0.4) is 0 Å². The highest BCUT2D eigenvalue weighted by atomic mass is 19.1. The second-order valence-electron chi connectivity index (χ2n) is 8.32. The molecule has 1 atom stereocenters. The molecule has 5 heteroatoms. The second kappa shape index (κ2) is 9.70. The van der Waals surface area contributed by atoms with E-state index >= 15 is 0 Å². The highest BCUT2D eigenvalue weighted by molar-refractivity contribution is 5.29. The fraction of sp³-hybridized carbons (Fsp3) is 0.500. The van der Waals surface area contributed by atoms with E-state index < -0.39 is 12.3 Å². The molecule has 0 saturated carbocycles. The lowest BCUT2D eigenvalue weighted by Gasteiger charge is -2.30. The Morgan fingerprint density at radius 3 is 2.62 bits per heavy atom. The fourth-order valence-electron chi connectivity index (χ4n) is 4.30. The van der Waals surface area contributed by atoms with Gasteiger partial charge in [0.1, 0.15) is 24.6 Å². The van der Waals surface area contributed by atoms with Crippen LogP contribution in [-0.4, -0.2) is 60.0 Å². The van der Waals surface area contributed by atoms with Crippen LogP contribution in [0.1, 0.15) is 29.5 Å². The summed E-state index contributed by atoms with van der Waals surface area (Å²) < 4.78 is 19.2. The largest absolute Gasteiger partial charge is 0.491 e. The van der Waals surface area contributed by atoms with Gasteiger partial charge in [-0.3, -0.25) is 9.80 Å². The summed E-state index contributed by atoms with van der Waals surface area (Å²) in [6.45, 7) is 5.20. The number of piperidine rings is 1. The molecule has 0 spiro atoms. The van der Waals surface area contributed by atoms with Gasteiger partial charge in [0.15, 0.2) is 0 Å². The number of ether oxygens (including phenoxy) is 1. The Morgan fingerprint density at radius 2 is 1.79 bits per heavy atom. The lowest BCUT2D eigenvalue weighted by Crippen LogP contribution is -2.38. The SMILES string of the molecule is O[C@@H](COc1cccc(CN2CCC(F)CC2)c1)CN1CCc2ccccc2C1. The van der Waals surface area contributed by atoms with Gasteiger partial charge in [-0.1, -0.05) is 36.4 Å². The first-order chi connectivity index (χ1) is 14.2. The second-order valence-corrected chi connectivity index (χ2v) is 8.32. The monoisotopic (exact) mass is 398 g/mol. The van der Waals surface area contributed by atoms with Gasteiger partial charge in [0, 0.05) is 39.3 Å². The first-order valence-corrected chi connectivity index (χ1v) is 10.7. The van der Waals surface area contributed by atoms with Gasteiger partial charge in [-0.15, -0.1) is 0 Å². The number of alkyl halides is 1. The van der Waals surface area contributed by atoms with E-state index in [-0.39, 0.29) is 6.61 Å². The number of likely N-dealkylation sites (tertiary alicyclic amines) is 1. The van der Waals surface area contributed by atoms with Crippen LogP contribution in [0.4, 0.5) is 4.39 Å². The third kappa shape index (κ3) is 5.78. The maximum Gasteiger partial charge on any atom is 0.119 e.